The molecule has 0 unspecified atom stereocenters. The van der Waals surface area contributed by atoms with Gasteiger partial charge in [-0.3, -0.25) is 4.79 Å². The average Bonchev–Trinajstić information content (AvgIpc) is 2.33. The van der Waals surface area contributed by atoms with Crippen LogP contribution in [0.25, 0.3) is 0 Å². The third-order valence-corrected chi connectivity index (χ3v) is 5.49. The van der Waals surface area contributed by atoms with Crippen molar-refractivity contribution in [2.45, 2.75) is 28.5 Å². The van der Waals surface area contributed by atoms with Gasteiger partial charge in [-0.15, -0.1) is 0 Å². The quantitative estimate of drug-likeness (QED) is 0.463. The van der Waals surface area contributed by atoms with Crippen molar-refractivity contribution in [1.82, 2.24) is 0 Å². The Kier molecular flexibility index (Phi) is 3.27. The smallest absolute Gasteiger partial charge is 0.247 e. The summed E-state index contributed by atoms with van der Waals surface area (Å²) in [5.41, 5.74) is 3.94. The van der Waals surface area contributed by atoms with Gasteiger partial charge in [-0.1, -0.05) is 23.4 Å². The number of nitrogens with two attached hydrogens (primary N) is 2. The van der Waals surface area contributed by atoms with E-state index in [0.29, 0.717) is 0 Å². The number of nitrogens with zero attached hydrogens (tertiary/aromatic N) is 2. The number of benzene rings is 1. The van der Waals surface area contributed by atoms with Crippen LogP contribution in [0.5, 0.6) is 0 Å². The van der Waals surface area contributed by atoms with Crippen molar-refractivity contribution in [2.24, 2.45) is 21.9 Å². The summed E-state index contributed by atoms with van der Waals surface area (Å²) in [6.07, 6.45) is 0.0283. The maximum absolute atomic E-state index is 12.3. The van der Waals surface area contributed by atoms with Crippen molar-refractivity contribution in [3.8, 4) is 0 Å². The summed E-state index contributed by atoms with van der Waals surface area (Å²) in [6.45, 7) is 0. The highest BCUT2D eigenvalue weighted by Gasteiger charge is 2.55. The SMILES string of the molecule is NN=NC1(C(N)=O)CC(S(=O)(=O)c2ccccc2)C1. The summed E-state index contributed by atoms with van der Waals surface area (Å²) in [4.78, 5) is 11.5. The number of primary amides is 1. The highest BCUT2D eigenvalue weighted by atomic mass is 32.2. The van der Waals surface area contributed by atoms with E-state index in [1.54, 1.807) is 18.2 Å². The normalized spacial score (nSPS) is 27.1. The maximum Gasteiger partial charge on any atom is 0.247 e. The first-order chi connectivity index (χ1) is 8.92. The molecule has 102 valence electrons. The van der Waals surface area contributed by atoms with Gasteiger partial charge in [0.05, 0.1) is 10.1 Å². The minimum atomic E-state index is -3.48. The molecule has 1 aromatic carbocycles. The molecule has 19 heavy (non-hydrogen) atoms. The standard InChI is InChI=1S/C11H14N4O3S/c12-10(16)11(14-15-13)6-9(7-11)19(17,18)8-4-2-1-3-5-8/h1-5,9H,6-7H2,(H2,12,16)(H2,13,14). The summed E-state index contributed by atoms with van der Waals surface area (Å²) >= 11 is 0. The molecule has 1 aromatic rings. The van der Waals surface area contributed by atoms with E-state index in [-0.39, 0.29) is 17.7 Å². The molecule has 0 atom stereocenters. The van der Waals surface area contributed by atoms with E-state index in [2.05, 4.69) is 10.3 Å². The van der Waals surface area contributed by atoms with E-state index in [1.807, 2.05) is 0 Å². The zero-order valence-corrected chi connectivity index (χ0v) is 10.9. The molecule has 0 aliphatic heterocycles. The molecule has 1 fully saturated rings. The van der Waals surface area contributed by atoms with E-state index in [0.717, 1.165) is 0 Å². The van der Waals surface area contributed by atoms with Gasteiger partial charge in [0, 0.05) is 12.8 Å². The Morgan fingerprint density at radius 2 is 1.84 bits per heavy atom. The van der Waals surface area contributed by atoms with Crippen LogP contribution in [-0.2, 0) is 14.6 Å². The number of sulfone groups is 1. The fraction of sp³-hybridized carbons (Fsp3) is 0.364. The fourth-order valence-corrected chi connectivity index (χ4v) is 4.07. The van der Waals surface area contributed by atoms with Gasteiger partial charge in [0.25, 0.3) is 0 Å². The number of carbonyl (C=O) groups is 1. The van der Waals surface area contributed by atoms with E-state index < -0.39 is 26.5 Å². The van der Waals surface area contributed by atoms with Crippen molar-refractivity contribution in [2.75, 3.05) is 0 Å². The number of hydrogen-bond acceptors (Lipinski definition) is 5. The second kappa shape index (κ2) is 4.61. The predicted octanol–water partition coefficient (Wildman–Crippen LogP) is 0.173. The van der Waals surface area contributed by atoms with Gasteiger partial charge in [0.1, 0.15) is 0 Å². The Bertz CT molecular complexity index is 606. The van der Waals surface area contributed by atoms with Gasteiger partial charge in [-0.25, -0.2) is 8.42 Å². The molecule has 2 rings (SSSR count). The molecule has 0 spiro atoms. The van der Waals surface area contributed by atoms with Crippen LogP contribution in [0.3, 0.4) is 0 Å². The lowest BCUT2D eigenvalue weighted by Crippen LogP contribution is -2.57. The molecule has 0 saturated heterocycles. The van der Waals surface area contributed by atoms with Crippen molar-refractivity contribution in [3.05, 3.63) is 30.3 Å². The number of hydrogen-bond donors (Lipinski definition) is 2. The topological polar surface area (TPSA) is 128 Å². The second-order valence-electron chi connectivity index (χ2n) is 4.50. The molecule has 0 aromatic heterocycles. The van der Waals surface area contributed by atoms with Crippen LogP contribution in [-0.4, -0.2) is 25.1 Å². The van der Waals surface area contributed by atoms with E-state index in [4.69, 9.17) is 11.6 Å². The lowest BCUT2D eigenvalue weighted by Gasteiger charge is -2.40. The monoisotopic (exact) mass is 282 g/mol. The second-order valence-corrected chi connectivity index (χ2v) is 6.73. The molecule has 1 aliphatic rings. The minimum Gasteiger partial charge on any atom is -0.368 e. The van der Waals surface area contributed by atoms with Gasteiger partial charge in [-0.2, -0.15) is 5.11 Å². The summed E-state index contributed by atoms with van der Waals surface area (Å²) < 4.78 is 24.5. The molecule has 0 radical (unpaired) electrons. The van der Waals surface area contributed by atoms with Crippen LogP contribution in [0.1, 0.15) is 12.8 Å². The fourth-order valence-electron chi connectivity index (χ4n) is 2.16. The largest absolute Gasteiger partial charge is 0.368 e. The van der Waals surface area contributed by atoms with Gasteiger partial charge in [-0.05, 0) is 12.1 Å². The molecule has 1 amide bonds. The zero-order valence-electron chi connectivity index (χ0n) is 10.1. The number of carbonyl (C=O) groups excluding carboxylic acids is 1. The molecular formula is C11H14N4O3S. The first-order valence-electron chi connectivity index (χ1n) is 5.63. The maximum atomic E-state index is 12.3. The van der Waals surface area contributed by atoms with E-state index in [1.165, 1.54) is 12.1 Å². The van der Waals surface area contributed by atoms with Gasteiger partial charge < -0.3 is 11.6 Å². The Morgan fingerprint density at radius 3 is 2.32 bits per heavy atom. The molecule has 4 N–H and O–H groups in total. The van der Waals surface area contributed by atoms with Crippen LogP contribution >= 0.6 is 0 Å². The third-order valence-electron chi connectivity index (χ3n) is 3.35. The lowest BCUT2D eigenvalue weighted by atomic mass is 9.76. The number of rotatable bonds is 4. The van der Waals surface area contributed by atoms with Crippen molar-refractivity contribution >= 4 is 15.7 Å². The Labute approximate surface area is 110 Å². The number of amides is 1. The van der Waals surface area contributed by atoms with Gasteiger partial charge in [0.2, 0.25) is 5.91 Å². The van der Waals surface area contributed by atoms with E-state index in [9.17, 15) is 13.2 Å². The molecule has 1 aliphatic carbocycles. The van der Waals surface area contributed by atoms with Crippen LogP contribution in [0.2, 0.25) is 0 Å². The molecule has 0 heterocycles. The van der Waals surface area contributed by atoms with Crippen LogP contribution in [0.15, 0.2) is 45.6 Å². The van der Waals surface area contributed by atoms with Crippen LogP contribution in [0.4, 0.5) is 0 Å². The lowest BCUT2D eigenvalue weighted by molar-refractivity contribution is -0.125. The third kappa shape index (κ3) is 2.19. The molecule has 0 bridgehead atoms. The highest BCUT2D eigenvalue weighted by Crippen LogP contribution is 2.42. The molecule has 7 nitrogen and oxygen atoms in total. The van der Waals surface area contributed by atoms with Gasteiger partial charge in [0.15, 0.2) is 15.4 Å². The molecule has 1 saturated carbocycles. The van der Waals surface area contributed by atoms with Crippen molar-refractivity contribution < 1.29 is 13.2 Å². The summed E-state index contributed by atoms with van der Waals surface area (Å²) in [6, 6.07) is 8.06. The summed E-state index contributed by atoms with van der Waals surface area (Å²) in [7, 11) is -3.48. The summed E-state index contributed by atoms with van der Waals surface area (Å²) in [5.74, 6) is 4.22. The molecule has 8 heteroatoms. The summed E-state index contributed by atoms with van der Waals surface area (Å²) in [5, 5.41) is 5.96. The Hall–Kier alpha value is -1.96. The minimum absolute atomic E-state index is 0.0141. The first-order valence-corrected chi connectivity index (χ1v) is 7.18. The van der Waals surface area contributed by atoms with E-state index >= 15 is 0 Å². The van der Waals surface area contributed by atoms with Crippen LogP contribution in [0, 0.1) is 0 Å². The van der Waals surface area contributed by atoms with Gasteiger partial charge >= 0.3 is 0 Å². The Balaban J connectivity index is 2.22. The van der Waals surface area contributed by atoms with Crippen molar-refractivity contribution in [1.29, 1.82) is 0 Å². The first kappa shape index (κ1) is 13.5. The molecular weight excluding hydrogens is 268 g/mol. The Morgan fingerprint density at radius 1 is 1.26 bits per heavy atom. The zero-order chi connectivity index (χ0) is 14.1. The predicted molar refractivity (Wildman–Crippen MR) is 67.6 cm³/mol. The highest BCUT2D eigenvalue weighted by molar-refractivity contribution is 7.92. The van der Waals surface area contributed by atoms with Crippen LogP contribution < -0.4 is 11.6 Å². The average molecular weight is 282 g/mol. The van der Waals surface area contributed by atoms with Crippen molar-refractivity contribution in [3.63, 3.8) is 0 Å².